The molecule has 0 saturated carbocycles. The Kier molecular flexibility index (Phi) is 6.68. The average molecular weight is 371 g/mol. The van der Waals surface area contributed by atoms with Gasteiger partial charge in [0.05, 0.1) is 5.25 Å². The number of carbonyl (C=O) groups excluding carboxylic acids is 1. The zero-order chi connectivity index (χ0) is 16.8. The molecule has 1 unspecified atom stereocenters. The van der Waals surface area contributed by atoms with E-state index in [2.05, 4.69) is 27.8 Å². The highest BCUT2D eigenvalue weighted by Gasteiger charge is 2.18. The first-order chi connectivity index (χ1) is 11.0. The highest BCUT2D eigenvalue weighted by atomic mass is 35.5. The molecule has 0 bridgehead atoms. The number of thioether (sulfide) groups is 1. The second kappa shape index (κ2) is 8.52. The summed E-state index contributed by atoms with van der Waals surface area (Å²) in [6.45, 7) is 6.68. The van der Waals surface area contributed by atoms with E-state index < -0.39 is 0 Å². The summed E-state index contributed by atoms with van der Waals surface area (Å²) in [4.78, 5) is 12.3. The van der Waals surface area contributed by atoms with Gasteiger partial charge in [0.25, 0.3) is 0 Å². The molecule has 0 saturated heterocycles. The molecule has 2 N–H and O–H groups in total. The maximum absolute atomic E-state index is 12.3. The lowest BCUT2D eigenvalue weighted by Gasteiger charge is -2.12. The van der Waals surface area contributed by atoms with Gasteiger partial charge in [0, 0.05) is 17.3 Å². The van der Waals surface area contributed by atoms with E-state index in [1.54, 1.807) is 6.07 Å². The number of hydrogen-bond donors (Lipinski definition) is 2. The van der Waals surface area contributed by atoms with Gasteiger partial charge in [-0.2, -0.15) is 0 Å². The molecule has 1 amide bonds. The molecule has 8 heteroatoms. The Morgan fingerprint density at radius 1 is 1.43 bits per heavy atom. The molecular formula is C15H19ClN4OS2. The number of halogens is 1. The van der Waals surface area contributed by atoms with E-state index in [-0.39, 0.29) is 11.2 Å². The maximum Gasteiger partial charge on any atom is 0.237 e. The standard InChI is InChI=1S/C15H19ClN4OS2/c1-4-8-17-14-19-20-15(23-14)22-10(3)13(21)18-12-7-5-6-11(16)9(12)2/h5-7,10H,4,8H2,1-3H3,(H,17,19)(H,18,21). The largest absolute Gasteiger partial charge is 0.360 e. The number of rotatable bonds is 7. The van der Waals surface area contributed by atoms with Gasteiger partial charge in [0.15, 0.2) is 4.34 Å². The lowest BCUT2D eigenvalue weighted by atomic mass is 10.2. The summed E-state index contributed by atoms with van der Waals surface area (Å²) in [5.41, 5.74) is 1.60. The molecule has 0 aliphatic carbocycles. The average Bonchev–Trinajstić information content (AvgIpc) is 2.97. The van der Waals surface area contributed by atoms with E-state index in [0.29, 0.717) is 5.02 Å². The lowest BCUT2D eigenvalue weighted by molar-refractivity contribution is -0.115. The van der Waals surface area contributed by atoms with Crippen LogP contribution in [0.1, 0.15) is 25.8 Å². The molecule has 0 fully saturated rings. The number of nitrogens with one attached hydrogen (secondary N) is 2. The van der Waals surface area contributed by atoms with Gasteiger partial charge in [0.2, 0.25) is 11.0 Å². The summed E-state index contributed by atoms with van der Waals surface area (Å²) in [7, 11) is 0. The van der Waals surface area contributed by atoms with Crippen LogP contribution >= 0.6 is 34.7 Å². The molecule has 1 heterocycles. The Hall–Kier alpha value is -1.31. The topological polar surface area (TPSA) is 66.9 Å². The van der Waals surface area contributed by atoms with Crippen LogP contribution in [-0.2, 0) is 4.79 Å². The summed E-state index contributed by atoms with van der Waals surface area (Å²) >= 11 is 8.93. The fraction of sp³-hybridized carbons (Fsp3) is 0.400. The van der Waals surface area contributed by atoms with Crippen LogP contribution in [0, 0.1) is 6.92 Å². The van der Waals surface area contributed by atoms with Gasteiger partial charge >= 0.3 is 0 Å². The number of anilines is 2. The third-order valence-corrected chi connectivity index (χ3v) is 5.58. The Morgan fingerprint density at radius 2 is 2.22 bits per heavy atom. The predicted octanol–water partition coefficient (Wildman–Crippen LogP) is 4.44. The van der Waals surface area contributed by atoms with E-state index in [9.17, 15) is 4.79 Å². The maximum atomic E-state index is 12.3. The number of aromatic nitrogens is 2. The highest BCUT2D eigenvalue weighted by molar-refractivity contribution is 8.02. The van der Waals surface area contributed by atoms with Gasteiger partial charge in [-0.3, -0.25) is 4.79 Å². The van der Waals surface area contributed by atoms with Crippen molar-refractivity contribution in [1.29, 1.82) is 0 Å². The first-order valence-corrected chi connectivity index (χ1v) is 9.38. The van der Waals surface area contributed by atoms with Crippen LogP contribution in [0.15, 0.2) is 22.5 Å². The normalized spacial score (nSPS) is 12.0. The van der Waals surface area contributed by atoms with Crippen molar-refractivity contribution in [1.82, 2.24) is 10.2 Å². The molecule has 5 nitrogen and oxygen atoms in total. The fourth-order valence-corrected chi connectivity index (χ4v) is 3.84. The van der Waals surface area contributed by atoms with Gasteiger partial charge in [-0.1, -0.05) is 47.7 Å². The quantitative estimate of drug-likeness (QED) is 0.705. The number of hydrogen-bond acceptors (Lipinski definition) is 6. The molecule has 124 valence electrons. The van der Waals surface area contributed by atoms with Crippen LogP contribution in [-0.4, -0.2) is 27.9 Å². The van der Waals surface area contributed by atoms with E-state index in [4.69, 9.17) is 11.6 Å². The Labute approximate surface area is 149 Å². The van der Waals surface area contributed by atoms with Crippen LogP contribution in [0.4, 0.5) is 10.8 Å². The Balaban J connectivity index is 1.94. The number of benzene rings is 1. The van der Waals surface area contributed by atoms with Crippen LogP contribution in [0.25, 0.3) is 0 Å². The number of nitrogens with zero attached hydrogens (tertiary/aromatic N) is 2. The molecular weight excluding hydrogens is 352 g/mol. The van der Waals surface area contributed by atoms with E-state index in [1.807, 2.05) is 26.0 Å². The first kappa shape index (κ1) is 18.0. The summed E-state index contributed by atoms with van der Waals surface area (Å²) in [5, 5.41) is 15.4. The van der Waals surface area contributed by atoms with E-state index >= 15 is 0 Å². The van der Waals surface area contributed by atoms with Crippen molar-refractivity contribution in [2.45, 2.75) is 36.8 Å². The summed E-state index contributed by atoms with van der Waals surface area (Å²) < 4.78 is 0.772. The molecule has 0 spiro atoms. The van der Waals surface area contributed by atoms with Gasteiger partial charge in [-0.05, 0) is 38.0 Å². The van der Waals surface area contributed by atoms with Crippen LogP contribution in [0.3, 0.4) is 0 Å². The van der Waals surface area contributed by atoms with Crippen molar-refractivity contribution < 1.29 is 4.79 Å². The minimum Gasteiger partial charge on any atom is -0.360 e. The van der Waals surface area contributed by atoms with Crippen LogP contribution in [0.2, 0.25) is 5.02 Å². The minimum absolute atomic E-state index is 0.0846. The van der Waals surface area contributed by atoms with Crippen molar-refractivity contribution in [3.63, 3.8) is 0 Å². The van der Waals surface area contributed by atoms with Crippen molar-refractivity contribution in [2.24, 2.45) is 0 Å². The van der Waals surface area contributed by atoms with Gasteiger partial charge in [0.1, 0.15) is 0 Å². The van der Waals surface area contributed by atoms with E-state index in [1.165, 1.54) is 23.1 Å². The summed E-state index contributed by atoms with van der Waals surface area (Å²) in [6.07, 6.45) is 1.03. The summed E-state index contributed by atoms with van der Waals surface area (Å²) in [6, 6.07) is 5.46. The predicted molar refractivity (Wildman–Crippen MR) is 98.8 cm³/mol. The second-order valence-corrected chi connectivity index (χ2v) is 7.93. The number of carbonyl (C=O) groups is 1. The first-order valence-electron chi connectivity index (χ1n) is 7.31. The van der Waals surface area contributed by atoms with Gasteiger partial charge in [-0.25, -0.2) is 0 Å². The molecule has 2 rings (SSSR count). The monoisotopic (exact) mass is 370 g/mol. The lowest BCUT2D eigenvalue weighted by Crippen LogP contribution is -2.22. The Morgan fingerprint density at radius 3 is 2.96 bits per heavy atom. The molecule has 1 aromatic carbocycles. The van der Waals surface area contributed by atoms with Gasteiger partial charge < -0.3 is 10.6 Å². The molecule has 0 radical (unpaired) electrons. The molecule has 1 atom stereocenters. The molecule has 1 aromatic heterocycles. The van der Waals surface area contributed by atoms with Crippen molar-refractivity contribution in [2.75, 3.05) is 17.2 Å². The fourth-order valence-electron chi connectivity index (χ4n) is 1.74. The smallest absolute Gasteiger partial charge is 0.237 e. The second-order valence-electron chi connectivity index (χ2n) is 4.96. The zero-order valence-electron chi connectivity index (χ0n) is 13.2. The van der Waals surface area contributed by atoms with Crippen molar-refractivity contribution in [3.05, 3.63) is 28.8 Å². The minimum atomic E-state index is -0.277. The van der Waals surface area contributed by atoms with Crippen molar-refractivity contribution >= 4 is 51.4 Å². The summed E-state index contributed by atoms with van der Waals surface area (Å²) in [5.74, 6) is -0.0846. The van der Waals surface area contributed by atoms with Crippen LogP contribution < -0.4 is 10.6 Å². The van der Waals surface area contributed by atoms with Crippen molar-refractivity contribution in [3.8, 4) is 0 Å². The number of amides is 1. The molecule has 0 aliphatic rings. The molecule has 0 aliphatic heterocycles. The molecule has 2 aromatic rings. The molecule has 23 heavy (non-hydrogen) atoms. The third-order valence-electron chi connectivity index (χ3n) is 3.11. The SMILES string of the molecule is CCCNc1nnc(SC(C)C(=O)Nc2cccc(Cl)c2C)s1. The Bertz CT molecular complexity index is 677. The highest BCUT2D eigenvalue weighted by Crippen LogP contribution is 2.30. The van der Waals surface area contributed by atoms with E-state index in [0.717, 1.165) is 33.7 Å². The third kappa shape index (κ3) is 5.09. The van der Waals surface area contributed by atoms with Crippen LogP contribution in [0.5, 0.6) is 0 Å². The van der Waals surface area contributed by atoms with Gasteiger partial charge in [-0.15, -0.1) is 10.2 Å². The zero-order valence-corrected chi connectivity index (χ0v) is 15.6.